The third-order valence-electron chi connectivity index (χ3n) is 1.58. The van der Waals surface area contributed by atoms with Gasteiger partial charge in [-0.3, -0.25) is 0 Å². The van der Waals surface area contributed by atoms with Gasteiger partial charge in [0.2, 0.25) is 0 Å². The van der Waals surface area contributed by atoms with Crippen LogP contribution in [-0.4, -0.2) is 12.6 Å². The Morgan fingerprint density at radius 1 is 1.38 bits per heavy atom. The minimum Gasteiger partial charge on any atom is -0.463 e. The van der Waals surface area contributed by atoms with Gasteiger partial charge < -0.3 is 4.74 Å². The van der Waals surface area contributed by atoms with Gasteiger partial charge in [0.25, 0.3) is 0 Å². The Kier molecular flexibility index (Phi) is 6.29. The van der Waals surface area contributed by atoms with Gasteiger partial charge in [-0.2, -0.15) is 0 Å². The van der Waals surface area contributed by atoms with E-state index >= 15 is 0 Å². The van der Waals surface area contributed by atoms with Gasteiger partial charge in [0.05, 0.1) is 6.61 Å². The zero-order chi connectivity index (χ0) is 10.3. The van der Waals surface area contributed by atoms with Crippen molar-refractivity contribution >= 4 is 5.97 Å². The van der Waals surface area contributed by atoms with Gasteiger partial charge in [0.1, 0.15) is 0 Å². The molecule has 0 amide bonds. The standard InChI is InChI=1S/C11H20O2/c1-9(2)6-5-7-13-11(12)8-10(3)4/h8-9H,5-7H2,1-4H3. The summed E-state index contributed by atoms with van der Waals surface area (Å²) in [5.74, 6) is 0.464. The van der Waals surface area contributed by atoms with Crippen LogP contribution in [0.25, 0.3) is 0 Å². The van der Waals surface area contributed by atoms with Gasteiger partial charge in [-0.25, -0.2) is 4.79 Å². The fourth-order valence-corrected chi connectivity index (χ4v) is 0.942. The number of carbonyl (C=O) groups is 1. The molecule has 0 heterocycles. The first-order valence-corrected chi connectivity index (χ1v) is 4.84. The third kappa shape index (κ3) is 9.12. The van der Waals surface area contributed by atoms with Crippen LogP contribution in [0.2, 0.25) is 0 Å². The zero-order valence-corrected chi connectivity index (χ0v) is 9.09. The predicted octanol–water partition coefficient (Wildman–Crippen LogP) is 2.93. The van der Waals surface area contributed by atoms with E-state index in [1.165, 1.54) is 6.08 Å². The summed E-state index contributed by atoms with van der Waals surface area (Å²) >= 11 is 0. The summed E-state index contributed by atoms with van der Waals surface area (Å²) in [6.45, 7) is 8.64. The highest BCUT2D eigenvalue weighted by molar-refractivity contribution is 5.82. The zero-order valence-electron chi connectivity index (χ0n) is 9.09. The van der Waals surface area contributed by atoms with E-state index in [1.54, 1.807) is 0 Å². The minimum absolute atomic E-state index is 0.219. The molecule has 2 nitrogen and oxygen atoms in total. The van der Waals surface area contributed by atoms with Gasteiger partial charge in [0.15, 0.2) is 0 Å². The van der Waals surface area contributed by atoms with Crippen molar-refractivity contribution in [1.29, 1.82) is 0 Å². The molecule has 2 heteroatoms. The van der Waals surface area contributed by atoms with E-state index in [4.69, 9.17) is 4.74 Å². The lowest BCUT2D eigenvalue weighted by atomic mass is 10.1. The molecule has 0 rings (SSSR count). The highest BCUT2D eigenvalue weighted by Crippen LogP contribution is 2.03. The molecule has 0 fully saturated rings. The molecule has 0 aliphatic carbocycles. The first-order chi connectivity index (χ1) is 6.02. The van der Waals surface area contributed by atoms with E-state index in [0.29, 0.717) is 12.5 Å². The molecule has 0 aromatic carbocycles. The van der Waals surface area contributed by atoms with Crippen molar-refractivity contribution in [3.8, 4) is 0 Å². The molecule has 13 heavy (non-hydrogen) atoms. The molecule has 0 saturated heterocycles. The lowest BCUT2D eigenvalue weighted by Gasteiger charge is -2.04. The van der Waals surface area contributed by atoms with Crippen molar-refractivity contribution in [2.24, 2.45) is 5.92 Å². The van der Waals surface area contributed by atoms with Crippen LogP contribution >= 0.6 is 0 Å². The quantitative estimate of drug-likeness (QED) is 0.373. The first-order valence-electron chi connectivity index (χ1n) is 4.84. The van der Waals surface area contributed by atoms with Gasteiger partial charge in [-0.15, -0.1) is 0 Å². The third-order valence-corrected chi connectivity index (χ3v) is 1.58. The molecule has 0 spiro atoms. The summed E-state index contributed by atoms with van der Waals surface area (Å²) in [6, 6.07) is 0. The smallest absolute Gasteiger partial charge is 0.330 e. The average molecular weight is 184 g/mol. The van der Waals surface area contributed by atoms with E-state index in [9.17, 15) is 4.79 Å². The van der Waals surface area contributed by atoms with Gasteiger partial charge in [-0.05, 0) is 32.6 Å². The van der Waals surface area contributed by atoms with Crippen LogP contribution in [-0.2, 0) is 9.53 Å². The number of hydrogen-bond acceptors (Lipinski definition) is 2. The molecule has 0 bridgehead atoms. The van der Waals surface area contributed by atoms with Gasteiger partial charge >= 0.3 is 5.97 Å². The van der Waals surface area contributed by atoms with Gasteiger partial charge in [-0.1, -0.05) is 19.4 Å². The second-order valence-corrected chi connectivity index (χ2v) is 3.93. The Labute approximate surface area is 81.0 Å². The predicted molar refractivity (Wildman–Crippen MR) is 54.5 cm³/mol. The lowest BCUT2D eigenvalue weighted by molar-refractivity contribution is -0.137. The molecule has 0 aromatic rings. The summed E-state index contributed by atoms with van der Waals surface area (Å²) in [7, 11) is 0. The molecule has 0 unspecified atom stereocenters. The molecule has 0 radical (unpaired) electrons. The van der Waals surface area contributed by atoms with Crippen molar-refractivity contribution < 1.29 is 9.53 Å². The van der Waals surface area contributed by atoms with Crippen LogP contribution < -0.4 is 0 Å². The normalized spacial score (nSPS) is 9.92. The maximum atomic E-state index is 11.0. The molecule has 76 valence electrons. The lowest BCUT2D eigenvalue weighted by Crippen LogP contribution is -2.03. The van der Waals surface area contributed by atoms with Crippen LogP contribution in [0.5, 0.6) is 0 Å². The maximum Gasteiger partial charge on any atom is 0.330 e. The Morgan fingerprint density at radius 2 is 2.00 bits per heavy atom. The minimum atomic E-state index is -0.219. The molecular weight excluding hydrogens is 164 g/mol. The van der Waals surface area contributed by atoms with Crippen molar-refractivity contribution in [3.63, 3.8) is 0 Å². The number of hydrogen-bond donors (Lipinski definition) is 0. The van der Waals surface area contributed by atoms with Crippen molar-refractivity contribution in [3.05, 3.63) is 11.6 Å². The summed E-state index contributed by atoms with van der Waals surface area (Å²) in [4.78, 5) is 11.0. The molecule has 0 aliphatic rings. The van der Waals surface area contributed by atoms with E-state index < -0.39 is 0 Å². The summed E-state index contributed by atoms with van der Waals surface area (Å²) in [5.41, 5.74) is 0.980. The van der Waals surface area contributed by atoms with Crippen molar-refractivity contribution in [2.45, 2.75) is 40.5 Å². The second kappa shape index (κ2) is 6.70. The number of allylic oxidation sites excluding steroid dienone is 1. The van der Waals surface area contributed by atoms with E-state index in [0.717, 1.165) is 18.4 Å². The summed E-state index contributed by atoms with van der Waals surface area (Å²) in [5, 5.41) is 0. The Morgan fingerprint density at radius 3 is 2.46 bits per heavy atom. The van der Waals surface area contributed by atoms with E-state index in [-0.39, 0.29) is 5.97 Å². The van der Waals surface area contributed by atoms with Crippen LogP contribution in [0.15, 0.2) is 11.6 Å². The fraction of sp³-hybridized carbons (Fsp3) is 0.727. The highest BCUT2D eigenvalue weighted by atomic mass is 16.5. The number of carbonyl (C=O) groups excluding carboxylic acids is 1. The summed E-state index contributed by atoms with van der Waals surface area (Å²) in [6.07, 6.45) is 3.59. The van der Waals surface area contributed by atoms with E-state index in [2.05, 4.69) is 13.8 Å². The molecule has 0 N–H and O–H groups in total. The van der Waals surface area contributed by atoms with Gasteiger partial charge in [0, 0.05) is 6.08 Å². The molecular formula is C11H20O2. The number of rotatable bonds is 5. The van der Waals surface area contributed by atoms with Crippen molar-refractivity contribution in [1.82, 2.24) is 0 Å². The molecule has 0 atom stereocenters. The Balaban J connectivity index is 3.44. The van der Waals surface area contributed by atoms with Crippen LogP contribution in [0.4, 0.5) is 0 Å². The van der Waals surface area contributed by atoms with E-state index in [1.807, 2.05) is 13.8 Å². The van der Waals surface area contributed by atoms with Crippen LogP contribution in [0, 0.1) is 5.92 Å². The monoisotopic (exact) mass is 184 g/mol. The summed E-state index contributed by atoms with van der Waals surface area (Å²) < 4.78 is 4.99. The van der Waals surface area contributed by atoms with Crippen LogP contribution in [0.3, 0.4) is 0 Å². The number of esters is 1. The fourth-order valence-electron chi connectivity index (χ4n) is 0.942. The SMILES string of the molecule is CC(C)=CC(=O)OCCCC(C)C. The highest BCUT2D eigenvalue weighted by Gasteiger charge is 1.98. The largest absolute Gasteiger partial charge is 0.463 e. The van der Waals surface area contributed by atoms with Crippen LogP contribution in [0.1, 0.15) is 40.5 Å². The number of ether oxygens (including phenoxy) is 1. The second-order valence-electron chi connectivity index (χ2n) is 3.93. The Bertz CT molecular complexity index is 177. The molecule has 0 saturated carbocycles. The first kappa shape index (κ1) is 12.2. The topological polar surface area (TPSA) is 26.3 Å². The molecule has 0 aromatic heterocycles. The Hall–Kier alpha value is -0.790. The molecule has 0 aliphatic heterocycles. The average Bonchev–Trinajstić information content (AvgIpc) is 1.96. The maximum absolute atomic E-state index is 11.0. The van der Waals surface area contributed by atoms with Crippen molar-refractivity contribution in [2.75, 3.05) is 6.61 Å².